The lowest BCUT2D eigenvalue weighted by Gasteiger charge is -2.04. The van der Waals surface area contributed by atoms with Crippen LogP contribution in [0.5, 0.6) is 0 Å². The molecule has 1 amide bonds. The number of oxime groups is 1. The van der Waals surface area contributed by atoms with Crippen LogP contribution in [0.15, 0.2) is 33.8 Å². The minimum absolute atomic E-state index is 0.00676. The molecule has 0 bridgehead atoms. The van der Waals surface area contributed by atoms with Gasteiger partial charge in [0.05, 0.1) is 12.2 Å². The molecule has 2 rings (SSSR count). The molecule has 0 radical (unpaired) electrons. The SMILES string of the molecule is Cc1nc(CNC(=O)c2ccc(/C(N)=N/O)cc2)oc1C. The van der Waals surface area contributed by atoms with Crippen LogP contribution in [0.25, 0.3) is 0 Å². The van der Waals surface area contributed by atoms with Gasteiger partial charge in [-0.2, -0.15) is 0 Å². The fourth-order valence-corrected chi connectivity index (χ4v) is 1.72. The number of nitrogens with two attached hydrogens (primary N) is 1. The zero-order valence-electron chi connectivity index (χ0n) is 11.8. The summed E-state index contributed by atoms with van der Waals surface area (Å²) in [7, 11) is 0. The summed E-state index contributed by atoms with van der Waals surface area (Å²) in [5.41, 5.74) is 7.26. The average molecular weight is 288 g/mol. The molecule has 0 aliphatic rings. The number of hydrogen-bond donors (Lipinski definition) is 3. The van der Waals surface area contributed by atoms with E-state index in [1.807, 2.05) is 13.8 Å². The molecule has 7 heteroatoms. The lowest BCUT2D eigenvalue weighted by Crippen LogP contribution is -2.23. The highest BCUT2D eigenvalue weighted by atomic mass is 16.4. The molecule has 4 N–H and O–H groups in total. The third kappa shape index (κ3) is 3.38. The van der Waals surface area contributed by atoms with Crippen LogP contribution in [-0.4, -0.2) is 21.9 Å². The van der Waals surface area contributed by atoms with E-state index >= 15 is 0 Å². The lowest BCUT2D eigenvalue weighted by atomic mass is 10.1. The molecule has 7 nitrogen and oxygen atoms in total. The third-order valence-electron chi connectivity index (χ3n) is 3.02. The second-order valence-corrected chi connectivity index (χ2v) is 4.49. The van der Waals surface area contributed by atoms with Crippen LogP contribution in [-0.2, 0) is 6.54 Å². The van der Waals surface area contributed by atoms with Crippen molar-refractivity contribution in [2.75, 3.05) is 0 Å². The number of amides is 1. The van der Waals surface area contributed by atoms with E-state index in [1.54, 1.807) is 24.3 Å². The number of amidine groups is 1. The molecule has 21 heavy (non-hydrogen) atoms. The van der Waals surface area contributed by atoms with E-state index in [-0.39, 0.29) is 18.3 Å². The molecule has 1 heterocycles. The first kappa shape index (κ1) is 14.6. The van der Waals surface area contributed by atoms with Crippen molar-refractivity contribution in [3.63, 3.8) is 0 Å². The van der Waals surface area contributed by atoms with Crippen molar-refractivity contribution in [3.05, 3.63) is 52.7 Å². The minimum atomic E-state index is -0.255. The van der Waals surface area contributed by atoms with Crippen LogP contribution in [0.4, 0.5) is 0 Å². The van der Waals surface area contributed by atoms with Gasteiger partial charge in [0.1, 0.15) is 5.76 Å². The van der Waals surface area contributed by atoms with E-state index in [2.05, 4.69) is 15.5 Å². The molecule has 2 aromatic rings. The predicted molar refractivity (Wildman–Crippen MR) is 76.1 cm³/mol. The Balaban J connectivity index is 2.00. The second-order valence-electron chi connectivity index (χ2n) is 4.49. The third-order valence-corrected chi connectivity index (χ3v) is 3.02. The summed E-state index contributed by atoms with van der Waals surface area (Å²) in [6, 6.07) is 6.39. The largest absolute Gasteiger partial charge is 0.444 e. The van der Waals surface area contributed by atoms with Gasteiger partial charge >= 0.3 is 0 Å². The Morgan fingerprint density at radius 2 is 1.95 bits per heavy atom. The summed E-state index contributed by atoms with van der Waals surface area (Å²) in [5.74, 6) is 0.941. The minimum Gasteiger partial charge on any atom is -0.444 e. The van der Waals surface area contributed by atoms with Gasteiger partial charge in [0, 0.05) is 11.1 Å². The summed E-state index contributed by atoms with van der Waals surface area (Å²) >= 11 is 0. The normalized spacial score (nSPS) is 11.4. The molecule has 0 aliphatic heterocycles. The summed E-state index contributed by atoms with van der Waals surface area (Å²) in [4.78, 5) is 16.2. The van der Waals surface area contributed by atoms with E-state index in [9.17, 15) is 4.79 Å². The smallest absolute Gasteiger partial charge is 0.251 e. The maximum Gasteiger partial charge on any atom is 0.251 e. The Morgan fingerprint density at radius 1 is 1.33 bits per heavy atom. The van der Waals surface area contributed by atoms with Crippen LogP contribution in [0.3, 0.4) is 0 Å². The quantitative estimate of drug-likeness (QED) is 0.340. The zero-order valence-corrected chi connectivity index (χ0v) is 11.8. The molecule has 0 saturated heterocycles. The Morgan fingerprint density at radius 3 is 2.48 bits per heavy atom. The molecule has 1 aromatic carbocycles. The number of hydrogen-bond acceptors (Lipinski definition) is 5. The summed E-state index contributed by atoms with van der Waals surface area (Å²) in [5, 5.41) is 14.2. The monoisotopic (exact) mass is 288 g/mol. The Hall–Kier alpha value is -2.83. The Labute approximate surface area is 121 Å². The number of carbonyl (C=O) groups is 1. The highest BCUT2D eigenvalue weighted by molar-refractivity contribution is 5.99. The van der Waals surface area contributed by atoms with Crippen molar-refractivity contribution in [1.82, 2.24) is 10.3 Å². The van der Waals surface area contributed by atoms with E-state index in [1.165, 1.54) is 0 Å². The molecule has 0 aliphatic carbocycles. The van der Waals surface area contributed by atoms with Crippen molar-refractivity contribution in [3.8, 4) is 0 Å². The molecular weight excluding hydrogens is 272 g/mol. The zero-order chi connectivity index (χ0) is 15.4. The number of nitrogens with zero attached hydrogens (tertiary/aromatic N) is 2. The van der Waals surface area contributed by atoms with Crippen LogP contribution in [0, 0.1) is 13.8 Å². The lowest BCUT2D eigenvalue weighted by molar-refractivity contribution is 0.0947. The predicted octanol–water partition coefficient (Wildman–Crippen LogP) is 1.32. The number of aromatic nitrogens is 1. The molecular formula is C14H16N4O3. The highest BCUT2D eigenvalue weighted by Crippen LogP contribution is 2.09. The molecule has 0 saturated carbocycles. The standard InChI is InChI=1S/C14H16N4O3/c1-8-9(2)21-12(17-8)7-16-14(19)11-5-3-10(4-6-11)13(15)18-20/h3-6,20H,7H2,1-2H3,(H2,15,18)(H,16,19). The van der Waals surface area contributed by atoms with Crippen LogP contribution >= 0.6 is 0 Å². The topological polar surface area (TPSA) is 114 Å². The van der Waals surface area contributed by atoms with Gasteiger partial charge in [-0.15, -0.1) is 0 Å². The maximum absolute atomic E-state index is 12.0. The van der Waals surface area contributed by atoms with Gasteiger partial charge in [-0.1, -0.05) is 17.3 Å². The van der Waals surface area contributed by atoms with Gasteiger partial charge in [0.15, 0.2) is 5.84 Å². The number of oxazole rings is 1. The fourth-order valence-electron chi connectivity index (χ4n) is 1.72. The first-order valence-electron chi connectivity index (χ1n) is 6.30. The van der Waals surface area contributed by atoms with Crippen molar-refractivity contribution < 1.29 is 14.4 Å². The number of aryl methyl sites for hydroxylation is 2. The van der Waals surface area contributed by atoms with E-state index < -0.39 is 0 Å². The van der Waals surface area contributed by atoms with Gasteiger partial charge in [0.2, 0.25) is 5.89 Å². The molecule has 0 spiro atoms. The summed E-state index contributed by atoms with van der Waals surface area (Å²) in [6.45, 7) is 3.88. The Kier molecular flexibility index (Phi) is 4.22. The molecule has 110 valence electrons. The van der Waals surface area contributed by atoms with Crippen LogP contribution in [0.1, 0.15) is 33.3 Å². The highest BCUT2D eigenvalue weighted by Gasteiger charge is 2.09. The molecule has 0 unspecified atom stereocenters. The van der Waals surface area contributed by atoms with E-state index in [0.29, 0.717) is 17.0 Å². The summed E-state index contributed by atoms with van der Waals surface area (Å²) < 4.78 is 5.38. The van der Waals surface area contributed by atoms with Gasteiger partial charge in [-0.25, -0.2) is 4.98 Å². The fraction of sp³-hybridized carbons (Fsp3) is 0.214. The molecule has 0 fully saturated rings. The second kappa shape index (κ2) is 6.08. The number of rotatable bonds is 4. The van der Waals surface area contributed by atoms with Crippen LogP contribution in [0.2, 0.25) is 0 Å². The van der Waals surface area contributed by atoms with Crippen molar-refractivity contribution in [2.24, 2.45) is 10.9 Å². The van der Waals surface area contributed by atoms with Gasteiger partial charge in [-0.3, -0.25) is 4.79 Å². The maximum atomic E-state index is 12.0. The van der Waals surface area contributed by atoms with Crippen molar-refractivity contribution >= 4 is 11.7 Å². The summed E-state index contributed by atoms with van der Waals surface area (Å²) in [6.07, 6.45) is 0. The Bertz CT molecular complexity index is 655. The van der Waals surface area contributed by atoms with Gasteiger partial charge < -0.3 is 20.7 Å². The number of benzene rings is 1. The van der Waals surface area contributed by atoms with E-state index in [0.717, 1.165) is 11.5 Å². The molecule has 0 atom stereocenters. The first-order valence-corrected chi connectivity index (χ1v) is 6.30. The van der Waals surface area contributed by atoms with Gasteiger partial charge in [0.25, 0.3) is 5.91 Å². The van der Waals surface area contributed by atoms with Crippen LogP contribution < -0.4 is 11.1 Å². The van der Waals surface area contributed by atoms with Crippen molar-refractivity contribution in [1.29, 1.82) is 0 Å². The van der Waals surface area contributed by atoms with Crippen molar-refractivity contribution in [2.45, 2.75) is 20.4 Å². The first-order chi connectivity index (χ1) is 10.0. The number of nitrogens with one attached hydrogen (secondary N) is 1. The van der Waals surface area contributed by atoms with E-state index in [4.69, 9.17) is 15.4 Å². The average Bonchev–Trinajstić information content (AvgIpc) is 2.82. The van der Waals surface area contributed by atoms with Gasteiger partial charge in [-0.05, 0) is 26.0 Å². The molecule has 1 aromatic heterocycles. The number of carbonyl (C=O) groups excluding carboxylic acids is 1.